The van der Waals surface area contributed by atoms with Crippen molar-refractivity contribution in [3.8, 4) is 0 Å². The zero-order chi connectivity index (χ0) is 17.0. The maximum atomic E-state index is 11.9. The van der Waals surface area contributed by atoms with Gasteiger partial charge in [0.15, 0.2) is 0 Å². The van der Waals surface area contributed by atoms with Crippen molar-refractivity contribution in [2.45, 2.75) is 46.6 Å². The zero-order valence-corrected chi connectivity index (χ0v) is 14.8. The number of allylic oxidation sites excluding steroid dienone is 4. The second kappa shape index (κ2) is 7.03. The molecule has 3 heteroatoms. The predicted octanol–water partition coefficient (Wildman–Crippen LogP) is 4.31. The molecule has 0 bridgehead atoms. The molecule has 0 radical (unpaired) electrons. The summed E-state index contributed by atoms with van der Waals surface area (Å²) in [5, 5.41) is 2.72. The fourth-order valence-electron chi connectivity index (χ4n) is 2.83. The molecule has 1 aromatic carbocycles. The molecule has 0 aromatic heterocycles. The van der Waals surface area contributed by atoms with Crippen LogP contribution in [0.25, 0.3) is 0 Å². The third-order valence-corrected chi connectivity index (χ3v) is 4.40. The third-order valence-electron chi connectivity index (χ3n) is 4.40. The number of benzene rings is 1. The lowest BCUT2D eigenvalue weighted by molar-refractivity contribution is -0.121. The smallest absolute Gasteiger partial charge is 0.227 e. The van der Waals surface area contributed by atoms with Crippen LogP contribution in [0.1, 0.15) is 51.2 Å². The molecule has 0 saturated heterocycles. The number of carbonyl (C=O) groups excluding carboxylic acids is 1. The molecular formula is C20H27NO2. The Morgan fingerprint density at radius 3 is 2.74 bits per heavy atom. The second-order valence-corrected chi connectivity index (χ2v) is 6.93. The van der Waals surface area contributed by atoms with Gasteiger partial charge in [0, 0.05) is 13.5 Å². The van der Waals surface area contributed by atoms with Gasteiger partial charge in [-0.2, -0.15) is 0 Å². The van der Waals surface area contributed by atoms with Crippen LogP contribution in [0.4, 0.5) is 0 Å². The number of carbonyl (C=O) groups is 1. The Balaban J connectivity index is 2.16. The van der Waals surface area contributed by atoms with Gasteiger partial charge in [-0.05, 0) is 36.0 Å². The summed E-state index contributed by atoms with van der Waals surface area (Å²) in [6, 6.07) is 8.00. The van der Waals surface area contributed by atoms with Gasteiger partial charge in [-0.1, -0.05) is 50.3 Å². The predicted molar refractivity (Wildman–Crippen MR) is 94.0 cm³/mol. The largest absolute Gasteiger partial charge is 0.493 e. The van der Waals surface area contributed by atoms with Gasteiger partial charge < -0.3 is 10.1 Å². The van der Waals surface area contributed by atoms with Crippen molar-refractivity contribution in [3.63, 3.8) is 0 Å². The molecule has 1 aliphatic rings. The Bertz CT molecular complexity index is 641. The van der Waals surface area contributed by atoms with Gasteiger partial charge in [0.2, 0.25) is 5.91 Å². The molecule has 0 heterocycles. The number of hydrogen-bond acceptors (Lipinski definition) is 2. The van der Waals surface area contributed by atoms with E-state index in [9.17, 15) is 4.79 Å². The lowest BCUT2D eigenvalue weighted by Gasteiger charge is -2.27. The van der Waals surface area contributed by atoms with E-state index in [0.29, 0.717) is 6.61 Å². The van der Waals surface area contributed by atoms with Crippen molar-refractivity contribution in [2.75, 3.05) is 7.05 Å². The van der Waals surface area contributed by atoms with Gasteiger partial charge in [-0.25, -0.2) is 0 Å². The van der Waals surface area contributed by atoms with Crippen LogP contribution in [-0.4, -0.2) is 13.0 Å². The summed E-state index contributed by atoms with van der Waals surface area (Å²) in [6.45, 7) is 8.92. The molecule has 1 aromatic rings. The minimum Gasteiger partial charge on any atom is -0.493 e. The fourth-order valence-corrected chi connectivity index (χ4v) is 2.83. The minimum atomic E-state index is -0.183. The maximum Gasteiger partial charge on any atom is 0.227 e. The molecule has 1 amide bonds. The van der Waals surface area contributed by atoms with Crippen molar-refractivity contribution in [2.24, 2.45) is 5.41 Å². The average molecular weight is 313 g/mol. The van der Waals surface area contributed by atoms with Crippen molar-refractivity contribution in [3.05, 3.63) is 58.9 Å². The lowest BCUT2D eigenvalue weighted by atomic mass is 9.83. The lowest BCUT2D eigenvalue weighted by Crippen LogP contribution is -2.24. The fraction of sp³-hybridized carbons (Fsp3) is 0.450. The summed E-state index contributed by atoms with van der Waals surface area (Å²) < 4.78 is 6.12. The van der Waals surface area contributed by atoms with Crippen molar-refractivity contribution in [1.29, 1.82) is 0 Å². The van der Waals surface area contributed by atoms with Gasteiger partial charge in [0.05, 0.1) is 5.92 Å². The highest BCUT2D eigenvalue weighted by Crippen LogP contribution is 2.34. The Kier molecular flexibility index (Phi) is 5.30. The van der Waals surface area contributed by atoms with Gasteiger partial charge in [0.25, 0.3) is 0 Å². The molecule has 2 rings (SSSR count). The summed E-state index contributed by atoms with van der Waals surface area (Å²) in [5.74, 6) is 0.882. The molecule has 1 atom stereocenters. The molecule has 1 unspecified atom stereocenters. The number of hydrogen-bond donors (Lipinski definition) is 1. The quantitative estimate of drug-likeness (QED) is 0.879. The van der Waals surface area contributed by atoms with E-state index in [2.05, 4.69) is 38.2 Å². The normalized spacial score (nSPS) is 17.8. The van der Waals surface area contributed by atoms with Crippen LogP contribution >= 0.6 is 0 Å². The molecule has 1 N–H and O–H groups in total. The molecule has 0 spiro atoms. The summed E-state index contributed by atoms with van der Waals surface area (Å²) >= 11 is 0. The van der Waals surface area contributed by atoms with E-state index in [1.807, 2.05) is 31.2 Å². The molecule has 0 saturated carbocycles. The number of nitrogens with one attached hydrogen (secondary N) is 1. The Labute approximate surface area is 139 Å². The highest BCUT2D eigenvalue weighted by Gasteiger charge is 2.23. The number of likely N-dealkylation sites (N-methyl/N-ethyl adjacent to an activating group) is 1. The molecule has 3 nitrogen and oxygen atoms in total. The van der Waals surface area contributed by atoms with E-state index < -0.39 is 0 Å². The van der Waals surface area contributed by atoms with Gasteiger partial charge in [0.1, 0.15) is 12.4 Å². The van der Waals surface area contributed by atoms with Gasteiger partial charge >= 0.3 is 0 Å². The molecule has 0 fully saturated rings. The van der Waals surface area contributed by atoms with Crippen molar-refractivity contribution >= 4 is 5.91 Å². The summed E-state index contributed by atoms with van der Waals surface area (Å²) in [7, 11) is 1.67. The topological polar surface area (TPSA) is 38.3 Å². The highest BCUT2D eigenvalue weighted by atomic mass is 16.5. The second-order valence-electron chi connectivity index (χ2n) is 6.93. The molecular weight excluding hydrogens is 286 g/mol. The van der Waals surface area contributed by atoms with E-state index in [0.717, 1.165) is 23.3 Å². The van der Waals surface area contributed by atoms with Crippen LogP contribution in [-0.2, 0) is 16.1 Å². The molecule has 124 valence electrons. The number of amides is 1. The molecule has 23 heavy (non-hydrogen) atoms. The first-order chi connectivity index (χ1) is 10.8. The highest BCUT2D eigenvalue weighted by molar-refractivity contribution is 5.83. The standard InChI is InChI=1S/C20H27NO2/c1-14-10-11-20(3,4)12-18(14)23-13-16-8-6-7-9-17(16)15(2)19(22)21-5/h6-11,15H,12-13H2,1-5H3,(H,21,22). The Hall–Kier alpha value is -2.03. The third kappa shape index (κ3) is 4.25. The molecule has 1 aliphatic carbocycles. The Morgan fingerprint density at radius 1 is 1.35 bits per heavy atom. The minimum absolute atomic E-state index is 0.0228. The van der Waals surface area contributed by atoms with E-state index in [1.54, 1.807) is 7.05 Å². The van der Waals surface area contributed by atoms with E-state index >= 15 is 0 Å². The first-order valence-corrected chi connectivity index (χ1v) is 8.15. The van der Waals surface area contributed by atoms with Crippen LogP contribution in [0.15, 0.2) is 47.7 Å². The van der Waals surface area contributed by atoms with E-state index in [1.165, 1.54) is 5.57 Å². The number of ether oxygens (including phenoxy) is 1. The van der Waals surface area contributed by atoms with E-state index in [4.69, 9.17) is 4.74 Å². The van der Waals surface area contributed by atoms with Crippen LogP contribution < -0.4 is 5.32 Å². The van der Waals surface area contributed by atoms with Crippen LogP contribution in [0, 0.1) is 5.41 Å². The monoisotopic (exact) mass is 313 g/mol. The summed E-state index contributed by atoms with van der Waals surface area (Å²) in [5.41, 5.74) is 3.40. The zero-order valence-electron chi connectivity index (χ0n) is 14.8. The first-order valence-electron chi connectivity index (χ1n) is 8.15. The van der Waals surface area contributed by atoms with E-state index in [-0.39, 0.29) is 17.2 Å². The van der Waals surface area contributed by atoms with Gasteiger partial charge in [-0.3, -0.25) is 4.79 Å². The Morgan fingerprint density at radius 2 is 2.04 bits per heavy atom. The average Bonchev–Trinajstić information content (AvgIpc) is 2.54. The van der Waals surface area contributed by atoms with Crippen LogP contribution in [0.2, 0.25) is 0 Å². The maximum absolute atomic E-state index is 11.9. The van der Waals surface area contributed by atoms with Crippen LogP contribution in [0.3, 0.4) is 0 Å². The van der Waals surface area contributed by atoms with Crippen molar-refractivity contribution in [1.82, 2.24) is 5.32 Å². The summed E-state index contributed by atoms with van der Waals surface area (Å²) in [4.78, 5) is 11.9. The van der Waals surface area contributed by atoms with Gasteiger partial charge in [-0.15, -0.1) is 0 Å². The molecule has 0 aliphatic heterocycles. The summed E-state index contributed by atoms with van der Waals surface area (Å²) in [6.07, 6.45) is 5.27. The van der Waals surface area contributed by atoms with Crippen molar-refractivity contribution < 1.29 is 9.53 Å². The SMILES string of the molecule is CNC(=O)C(C)c1ccccc1COC1=C(C)C=CC(C)(C)C1. The number of rotatable bonds is 5. The van der Waals surface area contributed by atoms with Crippen LogP contribution in [0.5, 0.6) is 0 Å². The first kappa shape index (κ1) is 17.3.